The van der Waals surface area contributed by atoms with Crippen LogP contribution in [0.2, 0.25) is 0 Å². The molecular weight excluding hydrogens is 244 g/mol. The summed E-state index contributed by atoms with van der Waals surface area (Å²) in [6.45, 7) is -2.71. The maximum Gasteiger partial charge on any atom is 0.345 e. The van der Waals surface area contributed by atoms with Crippen molar-refractivity contribution in [3.05, 3.63) is 28.5 Å². The van der Waals surface area contributed by atoms with E-state index in [0.717, 1.165) is 10.2 Å². The number of ether oxygens (including phenoxy) is 1. The lowest BCUT2D eigenvalue weighted by molar-refractivity contribution is -0.127. The largest absolute Gasteiger partial charge is 0.345 e. The van der Waals surface area contributed by atoms with Gasteiger partial charge in [-0.05, 0) is 28.1 Å². The van der Waals surface area contributed by atoms with Gasteiger partial charge >= 0.3 is 6.61 Å². The molecule has 0 saturated heterocycles. The molecule has 13 heavy (non-hydrogen) atoms. The quantitative estimate of drug-likeness (QED) is 0.821. The lowest BCUT2D eigenvalue weighted by Gasteiger charge is -2.01. The zero-order valence-corrected chi connectivity index (χ0v) is 8.30. The Morgan fingerprint density at radius 3 is 2.77 bits per heavy atom. The Balaban J connectivity index is 2.33. The molecule has 1 aromatic rings. The number of aromatic nitrogens is 1. The zero-order valence-electron chi connectivity index (χ0n) is 6.71. The molecule has 0 saturated carbocycles. The minimum atomic E-state index is -2.70. The highest BCUT2D eigenvalue weighted by Crippen LogP contribution is 2.08. The molecular formula is C8H8BrF2NO. The van der Waals surface area contributed by atoms with E-state index in [0.29, 0.717) is 6.42 Å². The van der Waals surface area contributed by atoms with Crippen molar-refractivity contribution in [3.8, 4) is 0 Å². The van der Waals surface area contributed by atoms with Gasteiger partial charge in [0.15, 0.2) is 0 Å². The molecule has 1 aromatic heterocycles. The van der Waals surface area contributed by atoms with E-state index in [2.05, 4.69) is 25.7 Å². The summed E-state index contributed by atoms with van der Waals surface area (Å²) < 4.78 is 28.1. The van der Waals surface area contributed by atoms with Crippen molar-refractivity contribution in [1.82, 2.24) is 4.98 Å². The van der Waals surface area contributed by atoms with Gasteiger partial charge in [0, 0.05) is 22.8 Å². The van der Waals surface area contributed by atoms with Crippen LogP contribution >= 0.6 is 15.9 Å². The van der Waals surface area contributed by atoms with Crippen LogP contribution in [0.4, 0.5) is 8.78 Å². The monoisotopic (exact) mass is 251 g/mol. The molecule has 5 heteroatoms. The predicted molar refractivity (Wildman–Crippen MR) is 47.6 cm³/mol. The van der Waals surface area contributed by atoms with Crippen molar-refractivity contribution in [2.24, 2.45) is 0 Å². The van der Waals surface area contributed by atoms with E-state index in [1.54, 1.807) is 12.3 Å². The highest BCUT2D eigenvalue weighted by Gasteiger charge is 2.01. The number of hydrogen-bond donors (Lipinski definition) is 0. The van der Waals surface area contributed by atoms with Crippen LogP contribution in [0.5, 0.6) is 0 Å². The molecule has 1 rings (SSSR count). The van der Waals surface area contributed by atoms with Gasteiger partial charge in [-0.25, -0.2) is 0 Å². The maximum atomic E-state index is 11.6. The van der Waals surface area contributed by atoms with Gasteiger partial charge in [0.25, 0.3) is 0 Å². The number of halogens is 3. The first kappa shape index (κ1) is 10.5. The standard InChI is InChI=1S/C8H8BrF2NO/c9-6-1-2-7(12-5-6)3-4-13-8(10)11/h1-2,5,8H,3-4H2. The second kappa shape index (κ2) is 5.24. The second-order valence-corrected chi connectivity index (χ2v) is 3.26. The normalized spacial score (nSPS) is 10.8. The Morgan fingerprint density at radius 1 is 1.46 bits per heavy atom. The van der Waals surface area contributed by atoms with Crippen LogP contribution in [-0.2, 0) is 11.2 Å². The fraction of sp³-hybridized carbons (Fsp3) is 0.375. The van der Waals surface area contributed by atoms with E-state index < -0.39 is 6.61 Å². The van der Waals surface area contributed by atoms with Gasteiger partial charge in [0.05, 0.1) is 6.61 Å². The highest BCUT2D eigenvalue weighted by molar-refractivity contribution is 9.10. The second-order valence-electron chi connectivity index (χ2n) is 2.35. The first-order chi connectivity index (χ1) is 6.18. The van der Waals surface area contributed by atoms with Crippen molar-refractivity contribution in [3.63, 3.8) is 0 Å². The minimum absolute atomic E-state index is 0.00764. The summed E-state index contributed by atoms with van der Waals surface area (Å²) >= 11 is 3.22. The Kier molecular flexibility index (Phi) is 4.24. The maximum absolute atomic E-state index is 11.6. The molecule has 0 aliphatic heterocycles. The van der Waals surface area contributed by atoms with Crippen LogP contribution in [-0.4, -0.2) is 18.2 Å². The molecule has 0 aliphatic carbocycles. The Labute approximate surface area is 83.1 Å². The molecule has 0 N–H and O–H groups in total. The van der Waals surface area contributed by atoms with Gasteiger partial charge in [0.1, 0.15) is 0 Å². The summed E-state index contributed by atoms with van der Waals surface area (Å²) in [7, 11) is 0. The van der Waals surface area contributed by atoms with E-state index in [9.17, 15) is 8.78 Å². The number of rotatable bonds is 4. The van der Waals surface area contributed by atoms with Crippen molar-refractivity contribution < 1.29 is 13.5 Å². The third kappa shape index (κ3) is 4.28. The SMILES string of the molecule is FC(F)OCCc1ccc(Br)cn1. The summed E-state index contributed by atoms with van der Waals surface area (Å²) in [5.41, 5.74) is 0.740. The zero-order chi connectivity index (χ0) is 9.68. The highest BCUT2D eigenvalue weighted by atomic mass is 79.9. The Bertz CT molecular complexity index is 253. The summed E-state index contributed by atoms with van der Waals surface area (Å²) in [5.74, 6) is 0. The Morgan fingerprint density at radius 2 is 2.23 bits per heavy atom. The molecule has 0 spiro atoms. The Hall–Kier alpha value is -0.550. The summed E-state index contributed by atoms with van der Waals surface area (Å²) in [5, 5.41) is 0. The first-order valence-corrected chi connectivity index (χ1v) is 4.48. The number of pyridine rings is 1. The topological polar surface area (TPSA) is 22.1 Å². The van der Waals surface area contributed by atoms with Gasteiger partial charge in [-0.2, -0.15) is 8.78 Å². The third-order valence-electron chi connectivity index (χ3n) is 1.39. The van der Waals surface area contributed by atoms with Crippen LogP contribution in [0.25, 0.3) is 0 Å². The van der Waals surface area contributed by atoms with E-state index in [1.165, 1.54) is 0 Å². The summed E-state index contributed by atoms with van der Waals surface area (Å²) in [6.07, 6.45) is 2.02. The first-order valence-electron chi connectivity index (χ1n) is 3.68. The van der Waals surface area contributed by atoms with Crippen molar-refractivity contribution in [2.75, 3.05) is 6.61 Å². The molecule has 1 heterocycles. The molecule has 0 fully saturated rings. The van der Waals surface area contributed by atoms with E-state index in [1.807, 2.05) is 6.07 Å². The molecule has 0 atom stereocenters. The summed E-state index contributed by atoms with van der Waals surface area (Å²) in [6, 6.07) is 3.57. The van der Waals surface area contributed by atoms with Gasteiger partial charge in [0.2, 0.25) is 0 Å². The molecule has 0 bridgehead atoms. The predicted octanol–water partition coefficient (Wildman–Crippen LogP) is 2.63. The van der Waals surface area contributed by atoms with Crippen molar-refractivity contribution in [1.29, 1.82) is 0 Å². The molecule has 72 valence electrons. The molecule has 0 radical (unpaired) electrons. The molecule has 0 aromatic carbocycles. The van der Waals surface area contributed by atoms with E-state index in [-0.39, 0.29) is 6.61 Å². The van der Waals surface area contributed by atoms with Gasteiger partial charge in [-0.15, -0.1) is 0 Å². The average Bonchev–Trinajstić information content (AvgIpc) is 2.08. The van der Waals surface area contributed by atoms with Crippen LogP contribution in [0, 0.1) is 0 Å². The number of nitrogens with zero attached hydrogens (tertiary/aromatic N) is 1. The number of alkyl halides is 2. The fourth-order valence-electron chi connectivity index (χ4n) is 0.807. The molecule has 0 unspecified atom stereocenters. The lowest BCUT2D eigenvalue weighted by atomic mass is 10.3. The smallest absolute Gasteiger partial charge is 0.323 e. The number of hydrogen-bond acceptors (Lipinski definition) is 2. The van der Waals surface area contributed by atoms with Gasteiger partial charge < -0.3 is 4.74 Å². The molecule has 2 nitrogen and oxygen atoms in total. The lowest BCUT2D eigenvalue weighted by Crippen LogP contribution is -2.04. The minimum Gasteiger partial charge on any atom is -0.323 e. The van der Waals surface area contributed by atoms with Gasteiger partial charge in [-0.1, -0.05) is 0 Å². The van der Waals surface area contributed by atoms with E-state index >= 15 is 0 Å². The van der Waals surface area contributed by atoms with Crippen molar-refractivity contribution in [2.45, 2.75) is 13.0 Å². The molecule has 0 aliphatic rings. The van der Waals surface area contributed by atoms with Crippen LogP contribution in [0.3, 0.4) is 0 Å². The molecule has 0 amide bonds. The van der Waals surface area contributed by atoms with Crippen LogP contribution in [0.15, 0.2) is 22.8 Å². The van der Waals surface area contributed by atoms with E-state index in [4.69, 9.17) is 0 Å². The third-order valence-corrected chi connectivity index (χ3v) is 1.86. The van der Waals surface area contributed by atoms with Crippen LogP contribution in [0.1, 0.15) is 5.69 Å². The average molecular weight is 252 g/mol. The van der Waals surface area contributed by atoms with Gasteiger partial charge in [-0.3, -0.25) is 4.98 Å². The fourth-order valence-corrected chi connectivity index (χ4v) is 1.04. The summed E-state index contributed by atoms with van der Waals surface area (Å²) in [4.78, 5) is 4.00. The van der Waals surface area contributed by atoms with Crippen molar-refractivity contribution >= 4 is 15.9 Å². The van der Waals surface area contributed by atoms with Crippen LogP contribution < -0.4 is 0 Å².